The van der Waals surface area contributed by atoms with Crippen LogP contribution >= 0.6 is 11.6 Å². The van der Waals surface area contributed by atoms with Crippen LogP contribution in [0.3, 0.4) is 0 Å². The molecule has 4 bridgehead atoms. The van der Waals surface area contributed by atoms with E-state index in [0.29, 0.717) is 5.41 Å². The fourth-order valence-electron chi connectivity index (χ4n) is 3.35. The van der Waals surface area contributed by atoms with E-state index in [9.17, 15) is 0 Å². The van der Waals surface area contributed by atoms with Gasteiger partial charge in [-0.25, -0.2) is 0 Å². The monoisotopic (exact) mass is 142 g/mol. The van der Waals surface area contributed by atoms with E-state index in [4.69, 9.17) is 11.6 Å². The van der Waals surface area contributed by atoms with Gasteiger partial charge in [-0.3, -0.25) is 0 Å². The minimum Gasteiger partial charge on any atom is -0.126 e. The van der Waals surface area contributed by atoms with Crippen LogP contribution in [0, 0.1) is 23.2 Å². The van der Waals surface area contributed by atoms with Gasteiger partial charge in [0, 0.05) is 5.88 Å². The smallest absolute Gasteiger partial charge is 0.0280 e. The first-order valence-corrected chi connectivity index (χ1v) is 4.44. The van der Waals surface area contributed by atoms with E-state index in [1.807, 2.05) is 0 Å². The van der Waals surface area contributed by atoms with Gasteiger partial charge in [0.25, 0.3) is 0 Å². The molecule has 0 nitrogen and oxygen atoms in total. The second-order valence-electron chi connectivity index (χ2n) is 4.24. The third-order valence-electron chi connectivity index (χ3n) is 3.80. The van der Waals surface area contributed by atoms with Gasteiger partial charge < -0.3 is 0 Å². The molecule has 0 aliphatic heterocycles. The van der Waals surface area contributed by atoms with Crippen LogP contribution in [0.25, 0.3) is 0 Å². The summed E-state index contributed by atoms with van der Waals surface area (Å²) in [7, 11) is 0. The Morgan fingerprint density at radius 3 is 1.78 bits per heavy atom. The molecule has 0 spiro atoms. The van der Waals surface area contributed by atoms with Crippen molar-refractivity contribution in [2.75, 3.05) is 5.88 Å². The van der Waals surface area contributed by atoms with Crippen LogP contribution in [0.1, 0.15) is 19.3 Å². The van der Waals surface area contributed by atoms with E-state index in [-0.39, 0.29) is 0 Å². The molecule has 1 heteroatoms. The second kappa shape index (κ2) is 1.18. The largest absolute Gasteiger partial charge is 0.126 e. The fourth-order valence-corrected chi connectivity index (χ4v) is 3.67. The van der Waals surface area contributed by atoms with E-state index in [0.717, 1.165) is 23.6 Å². The van der Waals surface area contributed by atoms with Crippen LogP contribution in [0.5, 0.6) is 0 Å². The van der Waals surface area contributed by atoms with Crippen LogP contribution < -0.4 is 0 Å². The van der Waals surface area contributed by atoms with E-state index >= 15 is 0 Å². The Hall–Kier alpha value is 0.290. The van der Waals surface area contributed by atoms with Crippen LogP contribution in [0.4, 0.5) is 0 Å². The number of halogens is 1. The molecular weight excluding hydrogens is 132 g/mol. The first-order chi connectivity index (χ1) is 4.35. The lowest BCUT2D eigenvalue weighted by Crippen LogP contribution is -2.12. The highest BCUT2D eigenvalue weighted by atomic mass is 35.5. The molecule has 0 aromatic rings. The minimum atomic E-state index is 0.654. The summed E-state index contributed by atoms with van der Waals surface area (Å²) >= 11 is 5.90. The van der Waals surface area contributed by atoms with Gasteiger partial charge in [0.2, 0.25) is 0 Å². The molecule has 0 heterocycles. The third-order valence-corrected chi connectivity index (χ3v) is 4.37. The highest BCUT2D eigenvalue weighted by Gasteiger charge is 2.69. The first kappa shape index (κ1) is 5.01. The number of hydrogen-bond donors (Lipinski definition) is 0. The van der Waals surface area contributed by atoms with Crippen LogP contribution in [-0.4, -0.2) is 5.88 Å². The van der Waals surface area contributed by atoms with Crippen molar-refractivity contribution in [1.82, 2.24) is 0 Å². The van der Waals surface area contributed by atoms with Crippen molar-refractivity contribution < 1.29 is 0 Å². The molecule has 0 N–H and O–H groups in total. The predicted octanol–water partition coefficient (Wildman–Crippen LogP) is 2.27. The molecule has 0 aromatic carbocycles. The average Bonchev–Trinajstić information content (AvgIpc) is 2.47. The van der Waals surface area contributed by atoms with Gasteiger partial charge in [0.1, 0.15) is 0 Å². The average molecular weight is 143 g/mol. The van der Waals surface area contributed by atoms with Crippen molar-refractivity contribution in [3.63, 3.8) is 0 Å². The van der Waals surface area contributed by atoms with Gasteiger partial charge in [0.15, 0.2) is 0 Å². The molecule has 0 unspecified atom stereocenters. The zero-order valence-corrected chi connectivity index (χ0v) is 6.19. The Balaban J connectivity index is 1.99. The molecular formula is C8H11Cl. The van der Waals surface area contributed by atoms with Gasteiger partial charge in [-0.05, 0) is 42.4 Å². The zero-order valence-electron chi connectivity index (χ0n) is 5.44. The maximum Gasteiger partial charge on any atom is 0.0280 e. The summed E-state index contributed by atoms with van der Waals surface area (Å²) in [5.41, 5.74) is 0.654. The molecule has 9 heavy (non-hydrogen) atoms. The van der Waals surface area contributed by atoms with Gasteiger partial charge in [-0.15, -0.1) is 11.6 Å². The Bertz CT molecular complexity index is 131. The quantitative estimate of drug-likeness (QED) is 0.493. The summed E-state index contributed by atoms with van der Waals surface area (Å²) in [6, 6.07) is 0. The molecule has 4 rings (SSSR count). The highest BCUT2D eigenvalue weighted by molar-refractivity contribution is 6.18. The zero-order chi connectivity index (χ0) is 6.06. The molecule has 0 aromatic heterocycles. The van der Waals surface area contributed by atoms with Crippen LogP contribution in [0.15, 0.2) is 0 Å². The summed E-state index contributed by atoms with van der Waals surface area (Å²) in [5, 5.41) is 0. The normalized spacial score (nSPS) is 67.0. The Morgan fingerprint density at radius 1 is 1.11 bits per heavy atom. The van der Waals surface area contributed by atoms with Gasteiger partial charge in [0.05, 0.1) is 0 Å². The predicted molar refractivity (Wildman–Crippen MR) is 37.5 cm³/mol. The van der Waals surface area contributed by atoms with Crippen molar-refractivity contribution in [3.8, 4) is 0 Å². The molecule has 50 valence electrons. The maximum atomic E-state index is 5.90. The summed E-state index contributed by atoms with van der Waals surface area (Å²) in [6.45, 7) is 0. The summed E-state index contributed by atoms with van der Waals surface area (Å²) in [4.78, 5) is 0. The summed E-state index contributed by atoms with van der Waals surface area (Å²) < 4.78 is 0. The second-order valence-corrected chi connectivity index (χ2v) is 4.50. The van der Waals surface area contributed by atoms with Crippen LogP contribution in [-0.2, 0) is 0 Å². The van der Waals surface area contributed by atoms with Crippen LogP contribution in [0.2, 0.25) is 0 Å². The topological polar surface area (TPSA) is 0 Å². The van der Waals surface area contributed by atoms with E-state index in [1.54, 1.807) is 0 Å². The van der Waals surface area contributed by atoms with Gasteiger partial charge >= 0.3 is 0 Å². The maximum absolute atomic E-state index is 5.90. The molecule has 4 aliphatic rings. The lowest BCUT2D eigenvalue weighted by atomic mass is 9.91. The molecule has 4 aliphatic carbocycles. The molecule has 4 saturated carbocycles. The minimum absolute atomic E-state index is 0.654. The fraction of sp³-hybridized carbons (Fsp3) is 1.00. The van der Waals surface area contributed by atoms with Gasteiger partial charge in [-0.2, -0.15) is 0 Å². The Kier molecular flexibility index (Phi) is 0.659. The first-order valence-electron chi connectivity index (χ1n) is 3.91. The molecule has 0 saturated heterocycles. The number of alkyl halides is 1. The Labute approximate surface area is 60.6 Å². The number of rotatable bonds is 1. The highest BCUT2D eigenvalue weighted by Crippen LogP contribution is 2.76. The van der Waals surface area contributed by atoms with Gasteiger partial charge in [-0.1, -0.05) is 0 Å². The lowest BCUT2D eigenvalue weighted by Gasteiger charge is -2.18. The van der Waals surface area contributed by atoms with Crippen molar-refractivity contribution in [1.29, 1.82) is 0 Å². The molecule has 0 radical (unpaired) electrons. The van der Waals surface area contributed by atoms with Crippen molar-refractivity contribution in [3.05, 3.63) is 0 Å². The van der Waals surface area contributed by atoms with Crippen molar-refractivity contribution in [2.45, 2.75) is 19.3 Å². The Morgan fingerprint density at radius 2 is 1.56 bits per heavy atom. The summed E-state index contributed by atoms with van der Waals surface area (Å²) in [5.74, 6) is 4.37. The van der Waals surface area contributed by atoms with E-state index < -0.39 is 0 Å². The van der Waals surface area contributed by atoms with Crippen molar-refractivity contribution in [2.24, 2.45) is 23.2 Å². The third kappa shape index (κ3) is 0.410. The van der Waals surface area contributed by atoms with E-state index in [2.05, 4.69) is 0 Å². The number of hydrogen-bond acceptors (Lipinski definition) is 0. The van der Waals surface area contributed by atoms with Crippen molar-refractivity contribution >= 4 is 11.6 Å². The standard InChI is InChI=1S/C8H11Cl/c9-4-8-1-5-6(2-8)7(5)3-8/h5-7H,1-4H2. The molecule has 0 atom stereocenters. The lowest BCUT2D eigenvalue weighted by molar-refractivity contribution is 0.380. The molecule has 0 amide bonds. The summed E-state index contributed by atoms with van der Waals surface area (Å²) in [6.07, 6.45) is 4.43. The molecule has 4 fully saturated rings. The SMILES string of the molecule is ClCC12CC3C(C1)C3C2. The van der Waals surface area contributed by atoms with E-state index in [1.165, 1.54) is 19.3 Å².